The summed E-state index contributed by atoms with van der Waals surface area (Å²) in [5.74, 6) is 0.182. The number of nitrogens with one attached hydrogen (secondary N) is 2. The van der Waals surface area contributed by atoms with E-state index in [1.165, 1.54) is 22.6 Å². The first-order valence-electron chi connectivity index (χ1n) is 9.47. The van der Waals surface area contributed by atoms with Crippen molar-refractivity contribution in [2.45, 2.75) is 32.6 Å². The quantitative estimate of drug-likeness (QED) is 0.515. The Kier molecular flexibility index (Phi) is 5.99. The Morgan fingerprint density at radius 2 is 2.10 bits per heavy atom. The van der Waals surface area contributed by atoms with E-state index in [4.69, 9.17) is 11.6 Å². The lowest BCUT2D eigenvalue weighted by atomic mass is 9.89. The van der Waals surface area contributed by atoms with Gasteiger partial charge in [0.15, 0.2) is 5.13 Å². The summed E-state index contributed by atoms with van der Waals surface area (Å²) in [4.78, 5) is 31.5. The van der Waals surface area contributed by atoms with Crippen LogP contribution in [0, 0.1) is 5.92 Å². The molecule has 0 radical (unpaired) electrons. The van der Waals surface area contributed by atoms with Gasteiger partial charge in [-0.25, -0.2) is 4.98 Å². The van der Waals surface area contributed by atoms with Crippen LogP contribution in [0.2, 0.25) is 5.02 Å². The average Bonchev–Trinajstić information content (AvgIpc) is 3.38. The molecule has 0 bridgehead atoms. The van der Waals surface area contributed by atoms with Crippen LogP contribution in [0.5, 0.6) is 0 Å². The van der Waals surface area contributed by atoms with Gasteiger partial charge in [-0.05, 0) is 54.8 Å². The van der Waals surface area contributed by atoms with Gasteiger partial charge in [-0.3, -0.25) is 14.9 Å². The highest BCUT2D eigenvalue weighted by Crippen LogP contribution is 2.34. The fourth-order valence-corrected chi connectivity index (χ4v) is 5.27. The van der Waals surface area contributed by atoms with Crippen LogP contribution in [0.15, 0.2) is 35.7 Å². The third-order valence-corrected chi connectivity index (χ3v) is 7.29. The van der Waals surface area contributed by atoms with Gasteiger partial charge in [0.25, 0.3) is 11.8 Å². The number of hydrogen-bond donors (Lipinski definition) is 2. The maximum absolute atomic E-state index is 12.7. The summed E-state index contributed by atoms with van der Waals surface area (Å²) in [5.41, 5.74) is 1.92. The Labute approximate surface area is 182 Å². The lowest BCUT2D eigenvalue weighted by Gasteiger charge is -2.18. The smallest absolute Gasteiger partial charge is 0.265 e. The number of aromatic nitrogens is 1. The second-order valence-electron chi connectivity index (χ2n) is 6.99. The number of carbonyl (C=O) groups is 2. The molecule has 1 aliphatic rings. The molecule has 3 aromatic rings. The molecule has 5 nitrogen and oxygen atoms in total. The van der Waals surface area contributed by atoms with E-state index in [9.17, 15) is 9.59 Å². The Morgan fingerprint density at radius 1 is 1.24 bits per heavy atom. The minimum Gasteiger partial charge on any atom is -0.320 e. The Morgan fingerprint density at radius 3 is 2.86 bits per heavy atom. The van der Waals surface area contributed by atoms with E-state index in [-0.39, 0.29) is 11.8 Å². The van der Waals surface area contributed by atoms with Gasteiger partial charge in [0, 0.05) is 10.4 Å². The minimum atomic E-state index is -0.272. The van der Waals surface area contributed by atoms with Crippen LogP contribution < -0.4 is 10.6 Å². The summed E-state index contributed by atoms with van der Waals surface area (Å²) in [6.07, 6.45) is 4.34. The molecule has 8 heteroatoms. The highest BCUT2D eigenvalue weighted by Gasteiger charge is 2.22. The molecule has 2 heterocycles. The molecule has 0 saturated carbocycles. The molecule has 1 atom stereocenters. The van der Waals surface area contributed by atoms with Crippen LogP contribution in [0.3, 0.4) is 0 Å². The number of benzene rings is 1. The van der Waals surface area contributed by atoms with E-state index in [0.29, 0.717) is 32.2 Å². The Balaban J connectivity index is 1.48. The number of fused-ring (bicyclic) bond motifs is 1. The van der Waals surface area contributed by atoms with Crippen LogP contribution in [0.1, 0.15) is 50.4 Å². The molecule has 0 saturated heterocycles. The minimum absolute atomic E-state index is 0.252. The van der Waals surface area contributed by atoms with Gasteiger partial charge >= 0.3 is 0 Å². The van der Waals surface area contributed by atoms with Crippen LogP contribution in [0.25, 0.3) is 0 Å². The third kappa shape index (κ3) is 4.52. The Bertz CT molecular complexity index is 1050. The number of amides is 2. The molecule has 1 aromatic carbocycles. The average molecular weight is 446 g/mol. The van der Waals surface area contributed by atoms with Crippen LogP contribution >= 0.6 is 34.3 Å². The van der Waals surface area contributed by atoms with E-state index in [1.54, 1.807) is 41.7 Å². The number of hydrogen-bond acceptors (Lipinski definition) is 5. The zero-order valence-electron chi connectivity index (χ0n) is 15.8. The van der Waals surface area contributed by atoms with Crippen molar-refractivity contribution in [2.24, 2.45) is 5.92 Å². The molecule has 4 rings (SSSR count). The van der Waals surface area contributed by atoms with E-state index in [0.717, 1.165) is 25.0 Å². The number of carbonyl (C=O) groups excluding carboxylic acids is 2. The van der Waals surface area contributed by atoms with E-state index in [1.807, 2.05) is 5.38 Å². The normalized spacial score (nSPS) is 15.6. The van der Waals surface area contributed by atoms with Crippen LogP contribution in [-0.2, 0) is 12.8 Å². The van der Waals surface area contributed by atoms with Gasteiger partial charge in [-0.15, -0.1) is 22.7 Å². The second-order valence-corrected chi connectivity index (χ2v) is 9.42. The van der Waals surface area contributed by atoms with Crippen molar-refractivity contribution in [3.63, 3.8) is 0 Å². The predicted octanol–water partition coefficient (Wildman–Crippen LogP) is 5.88. The number of halogens is 1. The third-order valence-electron chi connectivity index (χ3n) is 5.06. The molecule has 29 heavy (non-hydrogen) atoms. The van der Waals surface area contributed by atoms with Crippen molar-refractivity contribution in [2.75, 3.05) is 10.6 Å². The first-order chi connectivity index (χ1) is 14.0. The fraction of sp³-hybridized carbons (Fsp3) is 0.286. The maximum atomic E-state index is 12.7. The fourth-order valence-electron chi connectivity index (χ4n) is 3.37. The molecule has 150 valence electrons. The topological polar surface area (TPSA) is 71.1 Å². The predicted molar refractivity (Wildman–Crippen MR) is 120 cm³/mol. The molecular weight excluding hydrogens is 426 g/mol. The van der Waals surface area contributed by atoms with E-state index in [2.05, 4.69) is 22.5 Å². The lowest BCUT2D eigenvalue weighted by Crippen LogP contribution is -2.14. The largest absolute Gasteiger partial charge is 0.320 e. The summed E-state index contributed by atoms with van der Waals surface area (Å²) < 4.78 is 0. The van der Waals surface area contributed by atoms with Gasteiger partial charge in [0.2, 0.25) is 0 Å². The zero-order valence-corrected chi connectivity index (χ0v) is 18.2. The number of aryl methyl sites for hydroxylation is 1. The zero-order chi connectivity index (χ0) is 20.4. The van der Waals surface area contributed by atoms with E-state index < -0.39 is 0 Å². The molecule has 1 unspecified atom stereocenters. The summed E-state index contributed by atoms with van der Waals surface area (Å²) >= 11 is 9.11. The van der Waals surface area contributed by atoms with Gasteiger partial charge in [-0.2, -0.15) is 0 Å². The van der Waals surface area contributed by atoms with Gasteiger partial charge in [0.1, 0.15) is 0 Å². The van der Waals surface area contributed by atoms with Crippen molar-refractivity contribution < 1.29 is 9.59 Å². The summed E-state index contributed by atoms with van der Waals surface area (Å²) in [5, 5.41) is 8.49. The maximum Gasteiger partial charge on any atom is 0.265 e. The number of nitrogens with zero attached hydrogens (tertiary/aromatic N) is 1. The molecule has 2 amide bonds. The van der Waals surface area contributed by atoms with Crippen LogP contribution in [0.4, 0.5) is 10.8 Å². The van der Waals surface area contributed by atoms with Crippen LogP contribution in [-0.4, -0.2) is 16.8 Å². The standard InChI is InChI=1S/C21H20ClN3O2S2/c1-2-12-5-8-15-18(10-12)29-21(24-15)25-19(26)13-6-7-14(22)16(11-13)23-20(27)17-4-3-9-28-17/h3-4,6-7,9,11-12H,2,5,8,10H2,1H3,(H,23,27)(H,24,25,26). The molecule has 2 N–H and O–H groups in total. The monoisotopic (exact) mass is 445 g/mol. The molecule has 0 aliphatic heterocycles. The van der Waals surface area contributed by atoms with E-state index >= 15 is 0 Å². The summed E-state index contributed by atoms with van der Waals surface area (Å²) in [6.45, 7) is 2.22. The highest BCUT2D eigenvalue weighted by molar-refractivity contribution is 7.16. The number of anilines is 2. The summed E-state index contributed by atoms with van der Waals surface area (Å²) in [6, 6.07) is 8.38. The first-order valence-corrected chi connectivity index (χ1v) is 11.5. The van der Waals surface area contributed by atoms with Crippen molar-refractivity contribution in [1.82, 2.24) is 4.98 Å². The first kappa shape index (κ1) is 20.1. The van der Waals surface area contributed by atoms with Gasteiger partial charge in [0.05, 0.1) is 21.3 Å². The number of rotatable bonds is 5. The van der Waals surface area contributed by atoms with Crippen molar-refractivity contribution in [3.8, 4) is 0 Å². The highest BCUT2D eigenvalue weighted by atomic mass is 35.5. The molecular formula is C21H20ClN3O2S2. The lowest BCUT2D eigenvalue weighted by molar-refractivity contribution is 0.101. The summed E-state index contributed by atoms with van der Waals surface area (Å²) in [7, 11) is 0. The van der Waals surface area contributed by atoms with Crippen molar-refractivity contribution in [1.29, 1.82) is 0 Å². The van der Waals surface area contributed by atoms with Gasteiger partial charge in [-0.1, -0.05) is 31.0 Å². The SMILES string of the molecule is CCC1CCc2nc(NC(=O)c3ccc(Cl)c(NC(=O)c4cccs4)c3)sc2C1. The second kappa shape index (κ2) is 8.65. The van der Waals surface area contributed by atoms with Crippen molar-refractivity contribution in [3.05, 3.63) is 61.7 Å². The molecule has 0 spiro atoms. The van der Waals surface area contributed by atoms with Gasteiger partial charge < -0.3 is 5.32 Å². The number of thiophene rings is 1. The number of thiazole rings is 1. The Hall–Kier alpha value is -2.22. The molecule has 0 fully saturated rings. The molecule has 1 aliphatic carbocycles. The van der Waals surface area contributed by atoms with Crippen molar-refractivity contribution >= 4 is 56.9 Å². The molecule has 2 aromatic heterocycles.